The number of nitro benzene ring substituents is 1. The Kier molecular flexibility index (Phi) is 5.48. The van der Waals surface area contributed by atoms with E-state index in [2.05, 4.69) is 10.6 Å². The van der Waals surface area contributed by atoms with E-state index in [1.165, 1.54) is 6.07 Å². The number of nitro groups is 1. The molecule has 0 aliphatic carbocycles. The van der Waals surface area contributed by atoms with Crippen molar-refractivity contribution in [2.45, 2.75) is 13.8 Å². The van der Waals surface area contributed by atoms with E-state index in [-0.39, 0.29) is 10.8 Å². The molecule has 6 nitrogen and oxygen atoms in total. The van der Waals surface area contributed by atoms with Crippen LogP contribution >= 0.6 is 12.2 Å². The topological polar surface area (TPSA) is 76.4 Å². The third-order valence-corrected chi connectivity index (χ3v) is 3.24. The molecule has 0 spiro atoms. The molecule has 120 valence electrons. The van der Waals surface area contributed by atoms with Gasteiger partial charge in [-0.05, 0) is 50.3 Å². The van der Waals surface area contributed by atoms with Crippen LogP contribution in [0.5, 0.6) is 5.75 Å². The second kappa shape index (κ2) is 7.55. The van der Waals surface area contributed by atoms with Gasteiger partial charge >= 0.3 is 0 Å². The molecule has 0 aromatic heterocycles. The monoisotopic (exact) mass is 331 g/mol. The molecule has 2 rings (SSSR count). The molecule has 23 heavy (non-hydrogen) atoms. The highest BCUT2D eigenvalue weighted by Gasteiger charge is 2.16. The van der Waals surface area contributed by atoms with Gasteiger partial charge in [0.05, 0.1) is 17.6 Å². The van der Waals surface area contributed by atoms with Crippen molar-refractivity contribution in [3.63, 3.8) is 0 Å². The number of benzene rings is 2. The second-order valence-electron chi connectivity index (χ2n) is 4.81. The average molecular weight is 331 g/mol. The van der Waals surface area contributed by atoms with Crippen molar-refractivity contribution in [3.05, 3.63) is 58.1 Å². The highest BCUT2D eigenvalue weighted by atomic mass is 32.1. The number of rotatable bonds is 5. The summed E-state index contributed by atoms with van der Waals surface area (Å²) in [6.45, 7) is 4.25. The lowest BCUT2D eigenvalue weighted by molar-refractivity contribution is -0.384. The molecule has 0 fully saturated rings. The number of nitrogens with one attached hydrogen (secondary N) is 2. The summed E-state index contributed by atoms with van der Waals surface area (Å²) in [6.07, 6.45) is 0. The van der Waals surface area contributed by atoms with Gasteiger partial charge in [0.25, 0.3) is 5.69 Å². The van der Waals surface area contributed by atoms with E-state index < -0.39 is 4.92 Å². The standard InChI is InChI=1S/C16H17N3O3S/c1-3-22-13-8-9-14(15(10-13)19(20)21)18-16(23)17-12-6-4-11(2)5-7-12/h4-10H,3H2,1-2H3,(H2,17,18,23). The van der Waals surface area contributed by atoms with E-state index in [9.17, 15) is 10.1 Å². The zero-order valence-corrected chi connectivity index (χ0v) is 13.6. The Hall–Kier alpha value is -2.67. The molecule has 0 aliphatic heterocycles. The first-order valence-corrected chi connectivity index (χ1v) is 7.46. The van der Waals surface area contributed by atoms with Crippen LogP contribution in [0.15, 0.2) is 42.5 Å². The van der Waals surface area contributed by atoms with Crippen molar-refractivity contribution in [2.24, 2.45) is 0 Å². The molecule has 2 aromatic carbocycles. The molecular weight excluding hydrogens is 314 g/mol. The SMILES string of the molecule is CCOc1ccc(NC(=S)Nc2ccc(C)cc2)c([N+](=O)[O-])c1. The van der Waals surface area contributed by atoms with Crippen LogP contribution in [0.4, 0.5) is 17.1 Å². The summed E-state index contributed by atoms with van der Waals surface area (Å²) >= 11 is 5.21. The fourth-order valence-corrected chi connectivity index (χ4v) is 2.17. The number of ether oxygens (including phenoxy) is 1. The Balaban J connectivity index is 2.13. The van der Waals surface area contributed by atoms with Gasteiger partial charge in [0.15, 0.2) is 5.11 Å². The minimum Gasteiger partial charge on any atom is -0.494 e. The minimum absolute atomic E-state index is 0.0935. The number of hydrogen-bond acceptors (Lipinski definition) is 4. The van der Waals surface area contributed by atoms with E-state index in [4.69, 9.17) is 17.0 Å². The molecule has 0 unspecified atom stereocenters. The lowest BCUT2D eigenvalue weighted by Gasteiger charge is -2.12. The predicted molar refractivity (Wildman–Crippen MR) is 95.3 cm³/mol. The highest BCUT2D eigenvalue weighted by molar-refractivity contribution is 7.80. The summed E-state index contributed by atoms with van der Waals surface area (Å²) in [6, 6.07) is 12.3. The molecule has 2 N–H and O–H groups in total. The van der Waals surface area contributed by atoms with Crippen LogP contribution in [-0.4, -0.2) is 16.6 Å². The first-order valence-electron chi connectivity index (χ1n) is 7.05. The van der Waals surface area contributed by atoms with Crippen LogP contribution in [0.1, 0.15) is 12.5 Å². The van der Waals surface area contributed by atoms with E-state index in [1.54, 1.807) is 12.1 Å². The molecule has 0 bridgehead atoms. The van der Waals surface area contributed by atoms with Crippen LogP contribution in [-0.2, 0) is 0 Å². The third kappa shape index (κ3) is 4.65. The summed E-state index contributed by atoms with van der Waals surface area (Å²) in [4.78, 5) is 10.7. The third-order valence-electron chi connectivity index (χ3n) is 3.03. The zero-order valence-electron chi connectivity index (χ0n) is 12.8. The maximum atomic E-state index is 11.2. The molecule has 0 heterocycles. The van der Waals surface area contributed by atoms with Crippen molar-refractivity contribution in [3.8, 4) is 5.75 Å². The normalized spacial score (nSPS) is 10.0. The van der Waals surface area contributed by atoms with Gasteiger partial charge in [-0.3, -0.25) is 10.1 Å². The Labute approximate surface area is 139 Å². The molecule has 0 aliphatic rings. The molecule has 0 saturated heterocycles. The van der Waals surface area contributed by atoms with Gasteiger partial charge in [-0.2, -0.15) is 0 Å². The number of nitrogens with zero attached hydrogens (tertiary/aromatic N) is 1. The summed E-state index contributed by atoms with van der Waals surface area (Å²) in [5, 5.41) is 17.3. The fourth-order valence-electron chi connectivity index (χ4n) is 1.95. The summed E-state index contributed by atoms with van der Waals surface area (Å²) in [7, 11) is 0. The molecule has 0 saturated carbocycles. The number of hydrogen-bond donors (Lipinski definition) is 2. The van der Waals surface area contributed by atoms with Crippen LogP contribution in [0.25, 0.3) is 0 Å². The molecule has 7 heteroatoms. The Morgan fingerprint density at radius 3 is 2.52 bits per heavy atom. The van der Waals surface area contributed by atoms with Crippen molar-refractivity contribution in [2.75, 3.05) is 17.2 Å². The average Bonchev–Trinajstić information content (AvgIpc) is 2.51. The molecule has 0 atom stereocenters. The maximum absolute atomic E-state index is 11.2. The van der Waals surface area contributed by atoms with Crippen molar-refractivity contribution >= 4 is 34.4 Å². The minimum atomic E-state index is -0.473. The first-order chi connectivity index (χ1) is 11.0. The Morgan fingerprint density at radius 1 is 1.22 bits per heavy atom. The number of thiocarbonyl (C=S) groups is 1. The lowest BCUT2D eigenvalue weighted by atomic mass is 10.2. The van der Waals surface area contributed by atoms with Gasteiger partial charge in [0.2, 0.25) is 0 Å². The van der Waals surface area contributed by atoms with Gasteiger partial charge < -0.3 is 15.4 Å². The highest BCUT2D eigenvalue weighted by Crippen LogP contribution is 2.29. The largest absolute Gasteiger partial charge is 0.494 e. The van der Waals surface area contributed by atoms with Crippen molar-refractivity contribution < 1.29 is 9.66 Å². The molecule has 0 amide bonds. The van der Waals surface area contributed by atoms with Crippen molar-refractivity contribution in [1.82, 2.24) is 0 Å². The van der Waals surface area contributed by atoms with Crippen molar-refractivity contribution in [1.29, 1.82) is 0 Å². The van der Waals surface area contributed by atoms with Gasteiger partial charge in [0.1, 0.15) is 11.4 Å². The second-order valence-corrected chi connectivity index (χ2v) is 5.22. The summed E-state index contributed by atoms with van der Waals surface area (Å²) in [5.74, 6) is 0.446. The van der Waals surface area contributed by atoms with E-state index >= 15 is 0 Å². The van der Waals surface area contributed by atoms with Crippen LogP contribution in [0.2, 0.25) is 0 Å². The van der Waals surface area contributed by atoms with E-state index in [1.807, 2.05) is 38.1 Å². The van der Waals surface area contributed by atoms with Crippen LogP contribution in [0, 0.1) is 17.0 Å². The van der Waals surface area contributed by atoms with E-state index in [0.717, 1.165) is 11.3 Å². The summed E-state index contributed by atoms with van der Waals surface area (Å²) in [5.41, 5.74) is 2.16. The Bertz CT molecular complexity index is 717. The van der Waals surface area contributed by atoms with Gasteiger partial charge in [0, 0.05) is 5.69 Å². The fraction of sp³-hybridized carbons (Fsp3) is 0.188. The molecule has 0 radical (unpaired) electrons. The van der Waals surface area contributed by atoms with Crippen LogP contribution < -0.4 is 15.4 Å². The Morgan fingerprint density at radius 2 is 1.91 bits per heavy atom. The zero-order chi connectivity index (χ0) is 16.8. The maximum Gasteiger partial charge on any atom is 0.296 e. The predicted octanol–water partition coefficient (Wildman–Crippen LogP) is 4.11. The summed E-state index contributed by atoms with van der Waals surface area (Å²) < 4.78 is 5.28. The molecular formula is C16H17N3O3S. The number of anilines is 2. The number of aryl methyl sites for hydroxylation is 1. The van der Waals surface area contributed by atoms with Gasteiger partial charge in [-0.1, -0.05) is 17.7 Å². The first kappa shape index (κ1) is 16.7. The van der Waals surface area contributed by atoms with Crippen LogP contribution in [0.3, 0.4) is 0 Å². The smallest absolute Gasteiger partial charge is 0.296 e. The van der Waals surface area contributed by atoms with E-state index in [0.29, 0.717) is 18.0 Å². The van der Waals surface area contributed by atoms with Gasteiger partial charge in [-0.15, -0.1) is 0 Å². The lowest BCUT2D eigenvalue weighted by Crippen LogP contribution is -2.19. The molecule has 2 aromatic rings. The van der Waals surface area contributed by atoms with Gasteiger partial charge in [-0.25, -0.2) is 0 Å². The quantitative estimate of drug-likeness (QED) is 0.488.